The Bertz CT molecular complexity index is 562. The molecule has 0 spiro atoms. The van der Waals surface area contributed by atoms with Crippen LogP contribution in [0, 0.1) is 0 Å². The number of unbranched alkanes of at least 4 members (excludes halogenated alkanes) is 1. The predicted molar refractivity (Wildman–Crippen MR) is 74.6 cm³/mol. The van der Waals surface area contributed by atoms with Crippen molar-refractivity contribution in [2.75, 3.05) is 0 Å². The van der Waals surface area contributed by atoms with Crippen molar-refractivity contribution in [1.82, 2.24) is 0 Å². The van der Waals surface area contributed by atoms with E-state index in [4.69, 9.17) is 4.42 Å². The zero-order chi connectivity index (χ0) is 12.4. The van der Waals surface area contributed by atoms with Gasteiger partial charge in [0, 0.05) is 0 Å². The summed E-state index contributed by atoms with van der Waals surface area (Å²) in [6.45, 7) is 2.23. The van der Waals surface area contributed by atoms with Crippen molar-refractivity contribution >= 4 is 6.08 Å². The zero-order valence-electron chi connectivity index (χ0n) is 10.7. The summed E-state index contributed by atoms with van der Waals surface area (Å²) in [6.07, 6.45) is 9.85. The normalized spacial score (nSPS) is 17.1. The second kappa shape index (κ2) is 4.85. The third-order valence-corrected chi connectivity index (χ3v) is 3.66. The molecule has 0 radical (unpaired) electrons. The molecule has 18 heavy (non-hydrogen) atoms. The third kappa shape index (κ3) is 1.90. The van der Waals surface area contributed by atoms with Gasteiger partial charge in [0.25, 0.3) is 0 Å². The highest BCUT2D eigenvalue weighted by molar-refractivity contribution is 5.64. The number of hydrogen-bond acceptors (Lipinski definition) is 1. The van der Waals surface area contributed by atoms with Gasteiger partial charge in [-0.15, -0.1) is 0 Å². The minimum Gasteiger partial charge on any atom is -0.468 e. The van der Waals surface area contributed by atoms with Crippen LogP contribution in [0.5, 0.6) is 0 Å². The minimum atomic E-state index is 0.308. The number of allylic oxidation sites excluding steroid dienone is 1. The summed E-state index contributed by atoms with van der Waals surface area (Å²) in [5, 5.41) is 0. The van der Waals surface area contributed by atoms with E-state index >= 15 is 0 Å². The zero-order valence-corrected chi connectivity index (χ0v) is 10.7. The summed E-state index contributed by atoms with van der Waals surface area (Å²) >= 11 is 0. The van der Waals surface area contributed by atoms with Crippen molar-refractivity contribution in [2.24, 2.45) is 0 Å². The van der Waals surface area contributed by atoms with E-state index in [0.29, 0.717) is 5.92 Å². The van der Waals surface area contributed by atoms with E-state index in [1.165, 1.54) is 29.5 Å². The van der Waals surface area contributed by atoms with Crippen LogP contribution < -0.4 is 0 Å². The molecule has 1 heteroatoms. The van der Waals surface area contributed by atoms with E-state index in [1.54, 1.807) is 0 Å². The molecule has 0 amide bonds. The van der Waals surface area contributed by atoms with Gasteiger partial charge in [-0.2, -0.15) is 0 Å². The molecule has 0 aliphatic heterocycles. The molecular weight excluding hydrogens is 220 g/mol. The van der Waals surface area contributed by atoms with Crippen molar-refractivity contribution in [2.45, 2.75) is 32.1 Å². The predicted octanol–water partition coefficient (Wildman–Crippen LogP) is 4.78. The van der Waals surface area contributed by atoms with E-state index in [2.05, 4.69) is 49.4 Å². The molecule has 0 N–H and O–H groups in total. The van der Waals surface area contributed by atoms with E-state index in [1.807, 2.05) is 6.26 Å². The third-order valence-electron chi connectivity index (χ3n) is 3.66. The fourth-order valence-electron chi connectivity index (χ4n) is 2.67. The van der Waals surface area contributed by atoms with Crippen LogP contribution in [-0.2, 0) is 6.42 Å². The monoisotopic (exact) mass is 238 g/mol. The number of hydrogen-bond donors (Lipinski definition) is 0. The molecule has 0 bridgehead atoms. The highest BCUT2D eigenvalue weighted by atomic mass is 16.3. The van der Waals surface area contributed by atoms with E-state index in [-0.39, 0.29) is 0 Å². The molecule has 1 heterocycles. The molecule has 1 aliphatic rings. The van der Waals surface area contributed by atoms with Crippen LogP contribution >= 0.6 is 0 Å². The van der Waals surface area contributed by atoms with Crippen LogP contribution in [0.15, 0.2) is 47.1 Å². The summed E-state index contributed by atoms with van der Waals surface area (Å²) in [6, 6.07) is 10.7. The van der Waals surface area contributed by atoms with Gasteiger partial charge < -0.3 is 4.42 Å². The number of rotatable bonds is 4. The largest absolute Gasteiger partial charge is 0.468 e. The lowest BCUT2D eigenvalue weighted by Crippen LogP contribution is -1.98. The summed E-state index contributed by atoms with van der Waals surface area (Å²) in [5.41, 5.74) is 4.05. The lowest BCUT2D eigenvalue weighted by atomic mass is 9.94. The summed E-state index contributed by atoms with van der Waals surface area (Å²) in [7, 11) is 0. The van der Waals surface area contributed by atoms with Crippen LogP contribution in [0.25, 0.3) is 6.08 Å². The van der Waals surface area contributed by atoms with Gasteiger partial charge in [-0.25, -0.2) is 0 Å². The van der Waals surface area contributed by atoms with Crippen LogP contribution in [-0.4, -0.2) is 0 Å². The van der Waals surface area contributed by atoms with Crippen molar-refractivity contribution in [3.05, 3.63) is 65.1 Å². The first-order valence-electron chi connectivity index (χ1n) is 6.73. The summed E-state index contributed by atoms with van der Waals surface area (Å²) in [4.78, 5) is 0. The molecule has 92 valence electrons. The number of benzene rings is 1. The molecule has 3 rings (SSSR count). The smallest absolute Gasteiger partial charge is 0.118 e. The maximum absolute atomic E-state index is 5.75. The van der Waals surface area contributed by atoms with Crippen molar-refractivity contribution in [3.8, 4) is 0 Å². The van der Waals surface area contributed by atoms with Gasteiger partial charge in [-0.05, 0) is 35.6 Å². The molecule has 1 nitrogen and oxygen atoms in total. The highest BCUT2D eigenvalue weighted by Crippen LogP contribution is 2.37. The van der Waals surface area contributed by atoms with Crippen LogP contribution in [0.3, 0.4) is 0 Å². The van der Waals surface area contributed by atoms with Gasteiger partial charge in [0.15, 0.2) is 0 Å². The van der Waals surface area contributed by atoms with E-state index in [0.717, 1.165) is 12.2 Å². The number of aryl methyl sites for hydroxylation is 1. The number of fused-ring (bicyclic) bond motifs is 1. The van der Waals surface area contributed by atoms with Gasteiger partial charge in [-0.3, -0.25) is 0 Å². The van der Waals surface area contributed by atoms with Crippen LogP contribution in [0.1, 0.15) is 48.1 Å². The molecule has 1 aromatic carbocycles. The SMILES string of the molecule is CCCCc1ccoc1C1C=Cc2ccccc21. The van der Waals surface area contributed by atoms with E-state index in [9.17, 15) is 0 Å². The Labute approximate surface area is 108 Å². The van der Waals surface area contributed by atoms with Crippen molar-refractivity contribution in [3.63, 3.8) is 0 Å². The van der Waals surface area contributed by atoms with Gasteiger partial charge in [0.2, 0.25) is 0 Å². The maximum Gasteiger partial charge on any atom is 0.118 e. The standard InChI is InChI=1S/C17H18O/c1-2-3-6-14-11-12-18-17(14)16-10-9-13-7-4-5-8-15(13)16/h4-5,7-12,16H,2-3,6H2,1H3. The Morgan fingerprint density at radius 3 is 2.94 bits per heavy atom. The quantitative estimate of drug-likeness (QED) is 0.747. The fraction of sp³-hybridized carbons (Fsp3) is 0.294. The van der Waals surface area contributed by atoms with Gasteiger partial charge in [0.1, 0.15) is 5.76 Å². The second-order valence-corrected chi connectivity index (χ2v) is 4.88. The van der Waals surface area contributed by atoms with Gasteiger partial charge in [0.05, 0.1) is 12.2 Å². The lowest BCUT2D eigenvalue weighted by molar-refractivity contribution is 0.502. The molecule has 0 saturated heterocycles. The first kappa shape index (κ1) is 11.3. The minimum absolute atomic E-state index is 0.308. The van der Waals surface area contributed by atoms with Gasteiger partial charge in [-0.1, -0.05) is 49.8 Å². The molecular formula is C17H18O. The average molecular weight is 238 g/mol. The molecule has 1 atom stereocenters. The van der Waals surface area contributed by atoms with Crippen LogP contribution in [0.4, 0.5) is 0 Å². The Kier molecular flexibility index (Phi) is 3.06. The highest BCUT2D eigenvalue weighted by Gasteiger charge is 2.23. The van der Waals surface area contributed by atoms with E-state index < -0.39 is 0 Å². The maximum atomic E-state index is 5.75. The van der Waals surface area contributed by atoms with Crippen molar-refractivity contribution < 1.29 is 4.42 Å². The first-order valence-corrected chi connectivity index (χ1v) is 6.73. The first-order chi connectivity index (χ1) is 8.90. The molecule has 0 saturated carbocycles. The van der Waals surface area contributed by atoms with Crippen molar-refractivity contribution in [1.29, 1.82) is 0 Å². The lowest BCUT2D eigenvalue weighted by Gasteiger charge is -2.10. The molecule has 1 unspecified atom stereocenters. The molecule has 0 fully saturated rings. The Balaban J connectivity index is 1.93. The molecule has 1 aromatic heterocycles. The topological polar surface area (TPSA) is 13.1 Å². The Morgan fingerprint density at radius 2 is 2.06 bits per heavy atom. The Hall–Kier alpha value is -1.76. The van der Waals surface area contributed by atoms with Gasteiger partial charge >= 0.3 is 0 Å². The summed E-state index contributed by atoms with van der Waals surface area (Å²) in [5.74, 6) is 1.44. The Morgan fingerprint density at radius 1 is 1.17 bits per heavy atom. The molecule has 2 aromatic rings. The molecule has 1 aliphatic carbocycles. The summed E-state index contributed by atoms with van der Waals surface area (Å²) < 4.78 is 5.75. The average Bonchev–Trinajstić information content (AvgIpc) is 3.02. The number of furan rings is 1. The fourth-order valence-corrected chi connectivity index (χ4v) is 2.67. The second-order valence-electron chi connectivity index (χ2n) is 4.88. The van der Waals surface area contributed by atoms with Crippen LogP contribution in [0.2, 0.25) is 0 Å².